The molecule has 0 atom stereocenters. The maximum atomic E-state index is 9.47. The number of benzene rings is 3. The van der Waals surface area contributed by atoms with E-state index in [0.717, 1.165) is 28.2 Å². The number of rotatable bonds is 6. The van der Waals surface area contributed by atoms with Crippen LogP contribution in [0.5, 0.6) is 11.5 Å². The maximum absolute atomic E-state index is 9.47. The summed E-state index contributed by atoms with van der Waals surface area (Å²) in [5.74, 6) is 1.53. The summed E-state index contributed by atoms with van der Waals surface area (Å²) in [5, 5.41) is 10.2. The lowest BCUT2D eigenvalue weighted by Gasteiger charge is -2.07. The molecule has 0 amide bonds. The zero-order valence-electron chi connectivity index (χ0n) is 14.9. The molecule has 0 saturated heterocycles. The fourth-order valence-electron chi connectivity index (χ4n) is 2.52. The fraction of sp³-hybridized carbons (Fsp3) is 0.0870. The first-order chi connectivity index (χ1) is 13.2. The fourth-order valence-corrected chi connectivity index (χ4v) is 2.65. The van der Waals surface area contributed by atoms with Crippen LogP contribution in [-0.2, 0) is 6.61 Å². The van der Waals surface area contributed by atoms with Gasteiger partial charge in [0.2, 0.25) is 0 Å². The average molecular weight is 376 g/mol. The Morgan fingerprint density at radius 3 is 2.15 bits per heavy atom. The van der Waals surface area contributed by atoms with Gasteiger partial charge in [-0.05, 0) is 71.3 Å². The van der Waals surface area contributed by atoms with Crippen molar-refractivity contribution in [3.63, 3.8) is 0 Å². The van der Waals surface area contributed by atoms with Gasteiger partial charge >= 0.3 is 0 Å². The van der Waals surface area contributed by atoms with Crippen molar-refractivity contribution < 1.29 is 9.47 Å². The summed E-state index contributed by atoms with van der Waals surface area (Å²) in [6.45, 7) is 0.474. The number of methoxy groups -OCH3 is 1. The van der Waals surface area contributed by atoms with Crippen molar-refractivity contribution >= 4 is 23.3 Å². The Hall–Kier alpha value is -3.22. The van der Waals surface area contributed by atoms with Crippen LogP contribution in [-0.4, -0.2) is 7.11 Å². The molecule has 0 aliphatic rings. The van der Waals surface area contributed by atoms with E-state index in [4.69, 9.17) is 21.1 Å². The standard InChI is InChI=1S/C23H18ClNO2/c1-26-22-12-6-19(7-13-22)20(15-25)14-17-4-10-23(11-5-17)27-16-18-2-8-21(24)9-3-18/h2-14H,16H2,1H3/b20-14+. The number of hydrogen-bond acceptors (Lipinski definition) is 3. The van der Waals surface area contributed by atoms with Crippen molar-refractivity contribution in [1.82, 2.24) is 0 Å². The molecule has 3 aromatic rings. The highest BCUT2D eigenvalue weighted by atomic mass is 35.5. The molecule has 0 heterocycles. The van der Waals surface area contributed by atoms with Crippen LogP contribution in [0.25, 0.3) is 11.6 Å². The smallest absolute Gasteiger partial charge is 0.119 e. The average Bonchev–Trinajstić information content (AvgIpc) is 2.72. The molecule has 0 radical (unpaired) electrons. The van der Waals surface area contributed by atoms with E-state index in [9.17, 15) is 5.26 Å². The molecule has 0 spiro atoms. The zero-order chi connectivity index (χ0) is 19.1. The summed E-state index contributed by atoms with van der Waals surface area (Å²) in [6, 6.07) is 24.9. The third-order valence-corrected chi connectivity index (χ3v) is 4.28. The second-order valence-electron chi connectivity index (χ2n) is 5.88. The molecule has 3 aromatic carbocycles. The van der Waals surface area contributed by atoms with Gasteiger partial charge in [0.25, 0.3) is 0 Å². The Morgan fingerprint density at radius 1 is 0.926 bits per heavy atom. The van der Waals surface area contributed by atoms with E-state index >= 15 is 0 Å². The van der Waals surface area contributed by atoms with Crippen LogP contribution in [0.4, 0.5) is 0 Å². The van der Waals surface area contributed by atoms with Crippen molar-refractivity contribution in [2.45, 2.75) is 6.61 Å². The van der Waals surface area contributed by atoms with Gasteiger partial charge in [-0.2, -0.15) is 5.26 Å². The Bertz CT molecular complexity index is 953. The Kier molecular flexibility index (Phi) is 6.14. The van der Waals surface area contributed by atoms with E-state index in [1.54, 1.807) is 7.11 Å². The van der Waals surface area contributed by atoms with Crippen LogP contribution >= 0.6 is 11.6 Å². The first-order valence-electron chi connectivity index (χ1n) is 8.41. The van der Waals surface area contributed by atoms with Crippen molar-refractivity contribution in [3.8, 4) is 17.6 Å². The van der Waals surface area contributed by atoms with Crippen LogP contribution in [0.1, 0.15) is 16.7 Å². The lowest BCUT2D eigenvalue weighted by molar-refractivity contribution is 0.306. The minimum atomic E-state index is 0.474. The highest BCUT2D eigenvalue weighted by Gasteiger charge is 2.03. The maximum Gasteiger partial charge on any atom is 0.119 e. The first-order valence-corrected chi connectivity index (χ1v) is 8.79. The molecule has 0 aliphatic heterocycles. The Labute approximate surface area is 164 Å². The second kappa shape index (κ2) is 8.93. The van der Waals surface area contributed by atoms with Crippen LogP contribution in [0.3, 0.4) is 0 Å². The Morgan fingerprint density at radius 2 is 1.56 bits per heavy atom. The number of ether oxygens (including phenoxy) is 2. The van der Waals surface area contributed by atoms with Gasteiger partial charge in [0, 0.05) is 5.02 Å². The van der Waals surface area contributed by atoms with E-state index in [1.807, 2.05) is 78.9 Å². The van der Waals surface area contributed by atoms with Gasteiger partial charge in [-0.3, -0.25) is 0 Å². The van der Waals surface area contributed by atoms with Gasteiger partial charge < -0.3 is 9.47 Å². The van der Waals surface area contributed by atoms with Crippen LogP contribution < -0.4 is 9.47 Å². The molecule has 4 heteroatoms. The number of allylic oxidation sites excluding steroid dienone is 1. The molecule has 0 fully saturated rings. The molecule has 0 bridgehead atoms. The van der Waals surface area contributed by atoms with Crippen molar-refractivity contribution in [3.05, 3.63) is 94.5 Å². The molecule has 0 aromatic heterocycles. The number of hydrogen-bond donors (Lipinski definition) is 0. The predicted octanol–water partition coefficient (Wildman–Crippen LogP) is 5.99. The lowest BCUT2D eigenvalue weighted by atomic mass is 10.0. The Balaban J connectivity index is 1.68. The summed E-state index contributed by atoms with van der Waals surface area (Å²) >= 11 is 5.88. The third-order valence-electron chi connectivity index (χ3n) is 4.03. The molecule has 0 saturated carbocycles. The van der Waals surface area contributed by atoms with Crippen molar-refractivity contribution in [2.75, 3.05) is 7.11 Å². The molecule has 0 N–H and O–H groups in total. The molecule has 0 aliphatic carbocycles. The molecule has 0 unspecified atom stereocenters. The summed E-state index contributed by atoms with van der Waals surface area (Å²) in [5.41, 5.74) is 3.42. The monoisotopic (exact) mass is 375 g/mol. The first kappa shape index (κ1) is 18.6. The number of nitriles is 1. The predicted molar refractivity (Wildman–Crippen MR) is 109 cm³/mol. The van der Waals surface area contributed by atoms with E-state index in [0.29, 0.717) is 17.2 Å². The normalized spacial score (nSPS) is 10.9. The minimum Gasteiger partial charge on any atom is -0.497 e. The summed E-state index contributed by atoms with van der Waals surface area (Å²) in [7, 11) is 1.62. The van der Waals surface area contributed by atoms with Gasteiger partial charge in [-0.25, -0.2) is 0 Å². The molecule has 3 nitrogen and oxygen atoms in total. The van der Waals surface area contributed by atoms with Gasteiger partial charge in [-0.15, -0.1) is 0 Å². The molecular weight excluding hydrogens is 358 g/mol. The molecule has 3 rings (SSSR count). The molecule has 27 heavy (non-hydrogen) atoms. The summed E-state index contributed by atoms with van der Waals surface area (Å²) in [6.07, 6.45) is 1.85. The number of nitrogens with zero attached hydrogens (tertiary/aromatic N) is 1. The van der Waals surface area contributed by atoms with Crippen LogP contribution in [0.15, 0.2) is 72.8 Å². The SMILES string of the molecule is COc1ccc(/C(C#N)=C/c2ccc(OCc3ccc(Cl)cc3)cc2)cc1. The molecule has 134 valence electrons. The number of halogens is 1. The van der Waals surface area contributed by atoms with Crippen molar-refractivity contribution in [2.24, 2.45) is 0 Å². The second-order valence-corrected chi connectivity index (χ2v) is 6.32. The minimum absolute atomic E-state index is 0.474. The van der Waals surface area contributed by atoms with Crippen molar-refractivity contribution in [1.29, 1.82) is 5.26 Å². The van der Waals surface area contributed by atoms with Gasteiger partial charge in [0.05, 0.1) is 18.8 Å². The summed E-state index contributed by atoms with van der Waals surface area (Å²) in [4.78, 5) is 0. The van der Waals surface area contributed by atoms with E-state index < -0.39 is 0 Å². The van der Waals surface area contributed by atoms with E-state index in [-0.39, 0.29) is 0 Å². The highest BCUT2D eigenvalue weighted by Crippen LogP contribution is 2.22. The van der Waals surface area contributed by atoms with Crippen LogP contribution in [0, 0.1) is 11.3 Å². The van der Waals surface area contributed by atoms with Gasteiger partial charge in [0.1, 0.15) is 18.1 Å². The van der Waals surface area contributed by atoms with E-state index in [1.165, 1.54) is 0 Å². The quantitative estimate of drug-likeness (QED) is 0.392. The van der Waals surface area contributed by atoms with Gasteiger partial charge in [-0.1, -0.05) is 35.9 Å². The highest BCUT2D eigenvalue weighted by molar-refractivity contribution is 6.30. The largest absolute Gasteiger partial charge is 0.497 e. The van der Waals surface area contributed by atoms with Gasteiger partial charge in [0.15, 0.2) is 0 Å². The van der Waals surface area contributed by atoms with Crippen LogP contribution in [0.2, 0.25) is 5.02 Å². The van der Waals surface area contributed by atoms with E-state index in [2.05, 4.69) is 6.07 Å². The zero-order valence-corrected chi connectivity index (χ0v) is 15.6. The summed E-state index contributed by atoms with van der Waals surface area (Å²) < 4.78 is 10.9. The third kappa shape index (κ3) is 5.13. The topological polar surface area (TPSA) is 42.2 Å². The lowest BCUT2D eigenvalue weighted by Crippen LogP contribution is -1.94. The molecular formula is C23H18ClNO2.